The first-order valence-electron chi connectivity index (χ1n) is 12.2. The molecule has 1 atom stereocenters. The van der Waals surface area contributed by atoms with Gasteiger partial charge in [0.15, 0.2) is 5.83 Å². The van der Waals surface area contributed by atoms with Crippen LogP contribution in [0.3, 0.4) is 0 Å². The molecule has 0 aliphatic carbocycles. The molecule has 1 aromatic carbocycles. The van der Waals surface area contributed by atoms with E-state index >= 15 is 4.39 Å². The number of rotatable bonds is 5. The monoisotopic (exact) mass is 585 g/mol. The molecule has 1 aromatic heterocycles. The zero-order valence-corrected chi connectivity index (χ0v) is 22.7. The van der Waals surface area contributed by atoms with Crippen molar-refractivity contribution in [3.8, 4) is 6.01 Å². The third kappa shape index (κ3) is 5.92. The lowest BCUT2D eigenvalue weighted by atomic mass is 9.94. The smallest absolute Gasteiger partial charge is 0.418 e. The Labute approximate surface area is 232 Å². The van der Waals surface area contributed by atoms with E-state index < -0.39 is 40.3 Å². The van der Waals surface area contributed by atoms with Gasteiger partial charge in [0.25, 0.3) is 5.91 Å². The number of carbonyl (C=O) groups is 1. The van der Waals surface area contributed by atoms with Gasteiger partial charge in [0.05, 0.1) is 48.4 Å². The highest BCUT2D eigenvalue weighted by atomic mass is 35.5. The van der Waals surface area contributed by atoms with E-state index in [0.29, 0.717) is 30.0 Å². The molecule has 2 aromatic rings. The van der Waals surface area contributed by atoms with Crippen LogP contribution >= 0.6 is 11.6 Å². The number of nitrogens with zero attached hydrogens (tertiary/aromatic N) is 5. The number of carbonyl (C=O) groups excluding carboxylic acids is 1. The number of benzene rings is 1. The molecule has 0 fully saturated rings. The van der Waals surface area contributed by atoms with Crippen molar-refractivity contribution in [3.63, 3.8) is 0 Å². The Morgan fingerprint density at radius 2 is 2.00 bits per heavy atom. The lowest BCUT2D eigenvalue weighted by molar-refractivity contribution is -0.139. The molecule has 0 spiro atoms. The molecule has 15 heteroatoms. The van der Waals surface area contributed by atoms with Crippen LogP contribution in [0.1, 0.15) is 34.9 Å². The van der Waals surface area contributed by atoms with Gasteiger partial charge in [-0.05, 0) is 24.1 Å². The van der Waals surface area contributed by atoms with E-state index in [9.17, 15) is 18.0 Å². The van der Waals surface area contributed by atoms with Gasteiger partial charge in [0, 0.05) is 44.9 Å². The Hall–Kier alpha value is -3.65. The van der Waals surface area contributed by atoms with E-state index in [1.807, 2.05) is 0 Å². The third-order valence-electron chi connectivity index (χ3n) is 6.47. The number of likely N-dealkylation sites (N-methyl/N-ethyl adjacent to an activating group) is 1. The maximum atomic E-state index is 15.2. The van der Waals surface area contributed by atoms with Crippen LogP contribution in [0.4, 0.5) is 29.1 Å². The van der Waals surface area contributed by atoms with Crippen LogP contribution in [0, 0.1) is 0 Å². The molecule has 4 rings (SSSR count). The van der Waals surface area contributed by atoms with Gasteiger partial charge >= 0.3 is 12.2 Å². The molecule has 2 aliphatic heterocycles. The van der Waals surface area contributed by atoms with Crippen LogP contribution in [0.15, 0.2) is 28.6 Å². The van der Waals surface area contributed by atoms with Crippen molar-refractivity contribution >= 4 is 34.7 Å². The highest BCUT2D eigenvalue weighted by Crippen LogP contribution is 2.44. The van der Waals surface area contributed by atoms with E-state index in [4.69, 9.17) is 32.5 Å². The summed E-state index contributed by atoms with van der Waals surface area (Å²) in [5.41, 5.74) is 10.7. The van der Waals surface area contributed by atoms with Crippen molar-refractivity contribution in [2.24, 2.45) is 10.7 Å². The normalized spacial score (nSPS) is 18.4. The first-order valence-corrected chi connectivity index (χ1v) is 12.6. The van der Waals surface area contributed by atoms with Crippen LogP contribution in [-0.2, 0) is 28.7 Å². The molecular weight excluding hydrogens is 558 g/mol. The molecule has 40 heavy (non-hydrogen) atoms. The molecule has 10 nitrogen and oxygen atoms in total. The number of methoxy groups -OCH3 is 1. The number of hydrogen-bond acceptors (Lipinski definition) is 9. The van der Waals surface area contributed by atoms with Crippen molar-refractivity contribution in [2.45, 2.75) is 31.7 Å². The van der Waals surface area contributed by atoms with Crippen molar-refractivity contribution in [1.82, 2.24) is 14.9 Å². The predicted molar refractivity (Wildman–Crippen MR) is 141 cm³/mol. The standard InChI is InChI=1S/C25H28ClF4N7O3/c1-36(2)23(38)21(32)20(27)17-10-37(6-4-5-33-17)22-14-11-40-18(9-16(14)34-24(35-22)39-3)13-7-12(31)8-15(26)19(13)25(28,29)30/h7-8,18H,4-6,9-11,31-32H2,1-3H3/b21-20+. The minimum absolute atomic E-state index is 0.0305. The summed E-state index contributed by atoms with van der Waals surface area (Å²) < 4.78 is 68.1. The quantitative estimate of drug-likeness (QED) is 0.310. The SMILES string of the molecule is COc1nc2c(c(N3CCCN=C(/C(F)=C(\N)C(=O)N(C)C)C3)n1)COC(c1cc(N)cc(Cl)c1C(F)(F)F)C2. The summed E-state index contributed by atoms with van der Waals surface area (Å²) >= 11 is 5.94. The zero-order valence-electron chi connectivity index (χ0n) is 22.0. The molecule has 0 bridgehead atoms. The molecule has 1 unspecified atom stereocenters. The summed E-state index contributed by atoms with van der Waals surface area (Å²) in [4.78, 5) is 28.2. The summed E-state index contributed by atoms with van der Waals surface area (Å²) in [7, 11) is 4.25. The topological polar surface area (TPSA) is 132 Å². The summed E-state index contributed by atoms with van der Waals surface area (Å²) in [6.07, 6.45) is -5.33. The fraction of sp³-hybridized carbons (Fsp3) is 0.440. The molecular formula is C25H28ClF4N7O3. The second-order valence-electron chi connectivity index (χ2n) is 9.46. The second-order valence-corrected chi connectivity index (χ2v) is 9.87. The number of alkyl halides is 3. The number of hydrogen-bond donors (Lipinski definition) is 2. The van der Waals surface area contributed by atoms with Crippen LogP contribution in [-0.4, -0.2) is 67.3 Å². The van der Waals surface area contributed by atoms with E-state index in [-0.39, 0.29) is 49.1 Å². The molecule has 216 valence electrons. The maximum Gasteiger partial charge on any atom is 0.418 e. The minimum Gasteiger partial charge on any atom is -0.467 e. The lowest BCUT2D eigenvalue weighted by Crippen LogP contribution is -2.35. The Kier molecular flexibility index (Phi) is 8.40. The average molecular weight is 586 g/mol. The largest absolute Gasteiger partial charge is 0.467 e. The van der Waals surface area contributed by atoms with Crippen LogP contribution in [0.25, 0.3) is 0 Å². The summed E-state index contributed by atoms with van der Waals surface area (Å²) in [5, 5.41) is -0.531. The molecule has 3 heterocycles. The first kappa shape index (κ1) is 29.3. The third-order valence-corrected chi connectivity index (χ3v) is 6.77. The Morgan fingerprint density at radius 3 is 2.65 bits per heavy atom. The van der Waals surface area contributed by atoms with E-state index in [0.717, 1.165) is 11.0 Å². The number of nitrogens with two attached hydrogens (primary N) is 2. The second kappa shape index (κ2) is 11.5. The molecule has 0 radical (unpaired) electrons. The fourth-order valence-electron chi connectivity index (χ4n) is 4.58. The number of aromatic nitrogens is 2. The molecule has 0 saturated carbocycles. The molecule has 1 amide bonds. The summed E-state index contributed by atoms with van der Waals surface area (Å²) in [6, 6.07) is 2.20. The van der Waals surface area contributed by atoms with Crippen molar-refractivity contribution in [1.29, 1.82) is 0 Å². The minimum atomic E-state index is -4.74. The van der Waals surface area contributed by atoms with E-state index in [1.54, 1.807) is 4.90 Å². The van der Waals surface area contributed by atoms with Gasteiger partial charge in [0.1, 0.15) is 11.5 Å². The van der Waals surface area contributed by atoms with Gasteiger partial charge < -0.3 is 30.7 Å². The van der Waals surface area contributed by atoms with Crippen LogP contribution in [0.2, 0.25) is 5.02 Å². The van der Waals surface area contributed by atoms with Gasteiger partial charge in [0.2, 0.25) is 0 Å². The fourth-order valence-corrected chi connectivity index (χ4v) is 4.92. The number of fused-ring (bicyclic) bond motifs is 1. The lowest BCUT2D eigenvalue weighted by Gasteiger charge is -2.31. The maximum absolute atomic E-state index is 15.2. The van der Waals surface area contributed by atoms with E-state index in [1.165, 1.54) is 27.3 Å². The average Bonchev–Trinajstić information content (AvgIpc) is 3.15. The molecule has 0 saturated heterocycles. The zero-order chi connectivity index (χ0) is 29.4. The van der Waals surface area contributed by atoms with E-state index in [2.05, 4.69) is 15.0 Å². The highest BCUT2D eigenvalue weighted by molar-refractivity contribution is 6.31. The van der Waals surface area contributed by atoms with Crippen LogP contribution in [0.5, 0.6) is 6.01 Å². The Bertz CT molecular complexity index is 1380. The van der Waals surface area contributed by atoms with Gasteiger partial charge in [-0.1, -0.05) is 11.6 Å². The van der Waals surface area contributed by atoms with Gasteiger partial charge in [-0.15, -0.1) is 0 Å². The number of ether oxygens (including phenoxy) is 2. The van der Waals surface area contributed by atoms with Crippen LogP contribution < -0.4 is 21.1 Å². The van der Waals surface area contributed by atoms with Crippen molar-refractivity contribution < 1.29 is 31.8 Å². The first-order chi connectivity index (χ1) is 18.8. The molecule has 2 aliphatic rings. The van der Waals surface area contributed by atoms with Gasteiger partial charge in [-0.2, -0.15) is 23.1 Å². The number of aliphatic imine (C=N–C) groups is 1. The summed E-state index contributed by atoms with van der Waals surface area (Å²) in [6.45, 7) is 0.459. The number of nitrogen functional groups attached to an aromatic ring is 1. The van der Waals surface area contributed by atoms with Crippen molar-refractivity contribution in [3.05, 3.63) is 51.1 Å². The van der Waals surface area contributed by atoms with Gasteiger partial charge in [-0.3, -0.25) is 9.79 Å². The number of halogens is 5. The number of anilines is 2. The Balaban J connectivity index is 1.72. The van der Waals surface area contributed by atoms with Gasteiger partial charge in [-0.25, -0.2) is 4.39 Å². The highest BCUT2D eigenvalue weighted by Gasteiger charge is 2.40. The summed E-state index contributed by atoms with van der Waals surface area (Å²) in [5.74, 6) is -1.28. The Morgan fingerprint density at radius 1 is 1.27 bits per heavy atom. The molecule has 4 N–H and O–H groups in total. The number of amides is 1. The van der Waals surface area contributed by atoms with Crippen molar-refractivity contribution in [2.75, 3.05) is 51.5 Å². The predicted octanol–water partition coefficient (Wildman–Crippen LogP) is 3.43.